The van der Waals surface area contributed by atoms with Crippen LogP contribution in [0.4, 0.5) is 5.69 Å². The highest BCUT2D eigenvalue weighted by Crippen LogP contribution is 2.27. The van der Waals surface area contributed by atoms with Crippen molar-refractivity contribution in [3.63, 3.8) is 0 Å². The number of hydrogen-bond acceptors (Lipinski definition) is 7. The maximum Gasteiger partial charge on any atom is 0.271 e. The molecule has 1 atom stereocenters. The molecule has 28 heavy (non-hydrogen) atoms. The van der Waals surface area contributed by atoms with Crippen LogP contribution in [0, 0.1) is 28.4 Å². The summed E-state index contributed by atoms with van der Waals surface area (Å²) in [6.45, 7) is 1.99. The number of hydrogen-bond donors (Lipinski definition) is 1. The fraction of sp³-hybridized carbons (Fsp3) is 0.316. The molecule has 0 bridgehead atoms. The van der Waals surface area contributed by atoms with Gasteiger partial charge >= 0.3 is 0 Å². The van der Waals surface area contributed by atoms with Gasteiger partial charge in [0.15, 0.2) is 5.78 Å². The summed E-state index contributed by atoms with van der Waals surface area (Å²) < 4.78 is 6.47. The van der Waals surface area contributed by atoms with E-state index in [0.717, 1.165) is 11.0 Å². The molecule has 0 aliphatic carbocycles. The Morgan fingerprint density at radius 3 is 2.64 bits per heavy atom. The molecule has 0 spiro atoms. The van der Waals surface area contributed by atoms with Crippen LogP contribution in [0.1, 0.15) is 39.9 Å². The summed E-state index contributed by atoms with van der Waals surface area (Å²) in [5.41, 5.74) is -1.12. The smallest absolute Gasteiger partial charge is 0.271 e. The molecule has 3 rings (SSSR count). The molecule has 2 aromatic rings. The number of nitro benzene ring substituents is 1. The second-order valence-corrected chi connectivity index (χ2v) is 6.49. The third-order valence-corrected chi connectivity index (χ3v) is 4.78. The van der Waals surface area contributed by atoms with E-state index in [9.17, 15) is 30.1 Å². The van der Waals surface area contributed by atoms with E-state index in [4.69, 9.17) is 4.74 Å². The molecule has 0 saturated carbocycles. The lowest BCUT2D eigenvalue weighted by Crippen LogP contribution is -2.30. The fourth-order valence-corrected chi connectivity index (χ4v) is 3.26. The van der Waals surface area contributed by atoms with Gasteiger partial charge in [-0.2, -0.15) is 5.26 Å². The average Bonchev–Trinajstić information content (AvgIpc) is 3.19. The van der Waals surface area contributed by atoms with E-state index in [2.05, 4.69) is 0 Å². The summed E-state index contributed by atoms with van der Waals surface area (Å²) in [7, 11) is 0. The zero-order valence-corrected chi connectivity index (χ0v) is 15.0. The van der Waals surface area contributed by atoms with E-state index < -0.39 is 22.1 Å². The van der Waals surface area contributed by atoms with Crippen molar-refractivity contribution in [3.05, 3.63) is 67.0 Å². The molecule has 1 aliphatic rings. The predicted molar refractivity (Wildman–Crippen MR) is 97.3 cm³/mol. The number of nitrogens with zero attached hydrogens (tertiary/aromatic N) is 3. The Bertz CT molecular complexity index is 1040. The van der Waals surface area contributed by atoms with Crippen molar-refractivity contribution in [1.29, 1.82) is 5.26 Å². The van der Waals surface area contributed by atoms with E-state index in [-0.39, 0.29) is 40.6 Å². The number of non-ortho nitro benzene ring substituents is 1. The molecular formula is C19H17N3O6. The normalized spacial score (nSPS) is 15.9. The number of benzene rings is 1. The number of ketones is 1. The Morgan fingerprint density at radius 1 is 1.43 bits per heavy atom. The van der Waals surface area contributed by atoms with E-state index in [1.165, 1.54) is 31.2 Å². The number of aromatic hydroxyl groups is 1. The number of carbonyl (C=O) groups is 1. The van der Waals surface area contributed by atoms with Crippen molar-refractivity contribution in [3.8, 4) is 11.9 Å². The molecule has 1 aromatic carbocycles. The predicted octanol–water partition coefficient (Wildman–Crippen LogP) is 2.05. The van der Waals surface area contributed by atoms with Gasteiger partial charge in [0.05, 0.1) is 23.1 Å². The topological polar surface area (TPSA) is 135 Å². The number of nitriles is 1. The van der Waals surface area contributed by atoms with Crippen LogP contribution < -0.4 is 5.56 Å². The highest BCUT2D eigenvalue weighted by Gasteiger charge is 2.27. The number of aromatic nitrogens is 1. The molecule has 1 saturated heterocycles. The second-order valence-electron chi connectivity index (χ2n) is 6.49. The van der Waals surface area contributed by atoms with Crippen molar-refractivity contribution in [2.45, 2.75) is 32.4 Å². The van der Waals surface area contributed by atoms with Crippen LogP contribution in [0.25, 0.3) is 0 Å². The standard InChI is InChI=1S/C19H17N3O6/c1-11-15(9-20)18(24)21(10-14-3-2-8-28-14)19(25)16(11)17(23)12-4-6-13(7-5-12)22(26)27/h4-7,14,25H,2-3,8,10H2,1H3. The van der Waals surface area contributed by atoms with E-state index in [1.807, 2.05) is 0 Å². The Hall–Kier alpha value is -3.51. The summed E-state index contributed by atoms with van der Waals surface area (Å²) in [4.78, 5) is 35.7. The Kier molecular flexibility index (Phi) is 5.24. The Balaban J connectivity index is 2.11. The third-order valence-electron chi connectivity index (χ3n) is 4.78. The van der Waals surface area contributed by atoms with Crippen molar-refractivity contribution in [1.82, 2.24) is 4.57 Å². The molecular weight excluding hydrogens is 366 g/mol. The van der Waals surface area contributed by atoms with Gasteiger partial charge in [-0.1, -0.05) is 0 Å². The minimum atomic E-state index is -0.687. The lowest BCUT2D eigenvalue weighted by atomic mass is 9.97. The maximum atomic E-state index is 13.0. The molecule has 1 fully saturated rings. The molecule has 1 aliphatic heterocycles. The van der Waals surface area contributed by atoms with Crippen LogP contribution >= 0.6 is 0 Å². The monoisotopic (exact) mass is 383 g/mol. The van der Waals surface area contributed by atoms with Gasteiger partial charge < -0.3 is 9.84 Å². The number of nitro groups is 1. The first-order valence-electron chi connectivity index (χ1n) is 8.62. The van der Waals surface area contributed by atoms with Gasteiger partial charge in [-0.05, 0) is 37.5 Å². The van der Waals surface area contributed by atoms with Gasteiger partial charge in [0.2, 0.25) is 5.88 Å². The van der Waals surface area contributed by atoms with Crippen LogP contribution in [0.15, 0.2) is 29.1 Å². The van der Waals surface area contributed by atoms with Gasteiger partial charge in [-0.25, -0.2) is 0 Å². The van der Waals surface area contributed by atoms with E-state index in [1.54, 1.807) is 6.07 Å². The molecule has 1 aromatic heterocycles. The number of pyridine rings is 1. The molecule has 9 nitrogen and oxygen atoms in total. The third kappa shape index (κ3) is 3.37. The first kappa shape index (κ1) is 19.3. The highest BCUT2D eigenvalue weighted by molar-refractivity contribution is 6.11. The van der Waals surface area contributed by atoms with Crippen molar-refractivity contribution in [2.75, 3.05) is 6.61 Å². The zero-order valence-electron chi connectivity index (χ0n) is 15.0. The number of ether oxygens (including phenoxy) is 1. The van der Waals surface area contributed by atoms with Crippen molar-refractivity contribution in [2.24, 2.45) is 0 Å². The summed E-state index contributed by atoms with van der Waals surface area (Å²) in [6, 6.07) is 6.68. The first-order chi connectivity index (χ1) is 13.3. The maximum absolute atomic E-state index is 13.0. The molecule has 2 heterocycles. The van der Waals surface area contributed by atoms with Crippen LogP contribution in [0.2, 0.25) is 0 Å². The first-order valence-corrected chi connectivity index (χ1v) is 8.62. The van der Waals surface area contributed by atoms with E-state index in [0.29, 0.717) is 13.0 Å². The molecule has 0 amide bonds. The SMILES string of the molecule is Cc1c(C(=O)c2ccc([N+](=O)[O-])cc2)c(O)n(CC2CCCO2)c(=O)c1C#N. The number of carbonyl (C=O) groups excluding carboxylic acids is 1. The van der Waals surface area contributed by atoms with Gasteiger partial charge in [0.1, 0.15) is 11.6 Å². The number of rotatable bonds is 5. The Labute approximate surface area is 159 Å². The quantitative estimate of drug-likeness (QED) is 0.474. The summed E-state index contributed by atoms with van der Waals surface area (Å²) in [5.74, 6) is -1.18. The molecule has 1 unspecified atom stereocenters. The second kappa shape index (κ2) is 7.62. The summed E-state index contributed by atoms with van der Waals surface area (Å²) in [5, 5.41) is 30.8. The van der Waals surface area contributed by atoms with Gasteiger partial charge in [-0.15, -0.1) is 0 Å². The van der Waals surface area contributed by atoms with Gasteiger partial charge in [0.25, 0.3) is 11.2 Å². The largest absolute Gasteiger partial charge is 0.494 e. The Morgan fingerprint density at radius 2 is 2.11 bits per heavy atom. The summed E-state index contributed by atoms with van der Waals surface area (Å²) >= 11 is 0. The molecule has 0 radical (unpaired) electrons. The average molecular weight is 383 g/mol. The lowest BCUT2D eigenvalue weighted by Gasteiger charge is -2.18. The van der Waals surface area contributed by atoms with Gasteiger partial charge in [0, 0.05) is 24.3 Å². The van der Waals surface area contributed by atoms with Crippen molar-refractivity contribution < 1.29 is 19.6 Å². The van der Waals surface area contributed by atoms with Crippen LogP contribution in [-0.2, 0) is 11.3 Å². The highest BCUT2D eigenvalue weighted by atomic mass is 16.6. The molecule has 1 N–H and O–H groups in total. The molecule has 144 valence electrons. The van der Waals surface area contributed by atoms with Gasteiger partial charge in [-0.3, -0.25) is 24.3 Å². The van der Waals surface area contributed by atoms with Crippen LogP contribution in [-0.4, -0.2) is 33.1 Å². The lowest BCUT2D eigenvalue weighted by molar-refractivity contribution is -0.384. The van der Waals surface area contributed by atoms with Crippen LogP contribution in [0.3, 0.4) is 0 Å². The fourth-order valence-electron chi connectivity index (χ4n) is 3.26. The zero-order chi connectivity index (χ0) is 20.4. The van der Waals surface area contributed by atoms with E-state index >= 15 is 0 Å². The van der Waals surface area contributed by atoms with Crippen molar-refractivity contribution >= 4 is 11.5 Å². The summed E-state index contributed by atoms with van der Waals surface area (Å²) in [6.07, 6.45) is 1.24. The minimum absolute atomic E-state index is 0.0279. The molecule has 9 heteroatoms. The minimum Gasteiger partial charge on any atom is -0.494 e. The van der Waals surface area contributed by atoms with Crippen LogP contribution in [0.5, 0.6) is 5.88 Å².